The van der Waals surface area contributed by atoms with Gasteiger partial charge in [-0.3, -0.25) is 9.69 Å². The molecule has 0 spiro atoms. The van der Waals surface area contributed by atoms with Crippen LogP contribution in [0.3, 0.4) is 0 Å². The Morgan fingerprint density at radius 2 is 2.00 bits per heavy atom. The first-order valence-corrected chi connectivity index (χ1v) is 8.46. The summed E-state index contributed by atoms with van der Waals surface area (Å²) in [6.45, 7) is 0.605. The highest BCUT2D eigenvalue weighted by molar-refractivity contribution is 8.26. The number of thiocarbonyl (C=S) groups is 1. The van der Waals surface area contributed by atoms with E-state index in [1.165, 1.54) is 17.3 Å². The van der Waals surface area contributed by atoms with E-state index < -0.39 is 0 Å². The molecule has 2 heterocycles. The van der Waals surface area contributed by atoms with Crippen LogP contribution in [0.2, 0.25) is 0 Å². The van der Waals surface area contributed by atoms with Gasteiger partial charge in [0.05, 0.1) is 11.2 Å². The van der Waals surface area contributed by atoms with Gasteiger partial charge in [0.1, 0.15) is 10.1 Å². The molecule has 1 fully saturated rings. The van der Waals surface area contributed by atoms with Crippen LogP contribution in [0.25, 0.3) is 6.08 Å². The monoisotopic (exact) mass is 341 g/mol. The lowest BCUT2D eigenvalue weighted by Gasteiger charge is -2.14. The number of furan rings is 1. The highest BCUT2D eigenvalue weighted by Crippen LogP contribution is 2.31. The summed E-state index contributed by atoms with van der Waals surface area (Å²) in [6, 6.07) is 13.8. The van der Waals surface area contributed by atoms with Crippen LogP contribution >= 0.6 is 24.0 Å². The lowest BCUT2D eigenvalue weighted by Crippen LogP contribution is -2.30. The highest BCUT2D eigenvalue weighted by Gasteiger charge is 2.31. The molecule has 0 aliphatic carbocycles. The third-order valence-corrected chi connectivity index (χ3v) is 4.79. The molecule has 1 aliphatic rings. The third kappa shape index (κ3) is 4.00. The van der Waals surface area contributed by atoms with Crippen LogP contribution in [-0.4, -0.2) is 21.7 Å². The van der Waals surface area contributed by atoms with E-state index in [4.69, 9.17) is 16.6 Å². The Morgan fingerprint density at radius 3 is 2.74 bits per heavy atom. The van der Waals surface area contributed by atoms with Gasteiger partial charge in [-0.05, 0) is 36.3 Å². The summed E-state index contributed by atoms with van der Waals surface area (Å²) in [7, 11) is 0. The van der Waals surface area contributed by atoms with Gasteiger partial charge in [-0.25, -0.2) is 0 Å². The molecule has 3 nitrogen and oxygen atoms in total. The second-order valence-corrected chi connectivity index (χ2v) is 6.64. The van der Waals surface area contributed by atoms with Crippen molar-refractivity contribution in [3.8, 4) is 0 Å². The zero-order valence-electron chi connectivity index (χ0n) is 12.3. The van der Waals surface area contributed by atoms with Crippen LogP contribution in [0.15, 0.2) is 70.2 Å². The Hall–Kier alpha value is -2.11. The molecular formula is C18H15NO2S2. The van der Waals surface area contributed by atoms with Crippen LogP contribution in [-0.2, 0) is 11.2 Å². The van der Waals surface area contributed by atoms with E-state index in [9.17, 15) is 4.79 Å². The molecular weight excluding hydrogens is 326 g/mol. The van der Waals surface area contributed by atoms with Crippen molar-refractivity contribution in [1.82, 2.24) is 4.90 Å². The van der Waals surface area contributed by atoms with Gasteiger partial charge in [0.15, 0.2) is 0 Å². The molecule has 1 amide bonds. The minimum absolute atomic E-state index is 0.0278. The maximum absolute atomic E-state index is 12.4. The Morgan fingerprint density at radius 1 is 1.17 bits per heavy atom. The van der Waals surface area contributed by atoms with Crippen molar-refractivity contribution >= 4 is 40.3 Å². The minimum Gasteiger partial charge on any atom is -0.465 e. The number of thioether (sulfide) groups is 1. The highest BCUT2D eigenvalue weighted by atomic mass is 32.2. The average molecular weight is 341 g/mol. The molecule has 5 heteroatoms. The lowest BCUT2D eigenvalue weighted by molar-refractivity contribution is -0.122. The smallest absolute Gasteiger partial charge is 0.266 e. The maximum atomic E-state index is 12.4. The number of hydrogen-bond acceptors (Lipinski definition) is 4. The van der Waals surface area contributed by atoms with Crippen LogP contribution in [0.4, 0.5) is 0 Å². The fourth-order valence-corrected chi connectivity index (χ4v) is 3.47. The molecule has 0 unspecified atom stereocenters. The fourth-order valence-electron chi connectivity index (χ4n) is 2.21. The van der Waals surface area contributed by atoms with Crippen molar-refractivity contribution in [3.05, 3.63) is 77.1 Å². The SMILES string of the molecule is O=C1/C(=C\C=C\c2ccco2)SC(=S)N1CCc1ccccc1. The molecule has 1 aliphatic heterocycles. The number of allylic oxidation sites excluding steroid dienone is 2. The van der Waals surface area contributed by atoms with Gasteiger partial charge in [-0.15, -0.1) is 0 Å². The molecule has 3 rings (SSSR count). The van der Waals surface area contributed by atoms with E-state index in [1.807, 2.05) is 42.5 Å². The number of benzene rings is 1. The van der Waals surface area contributed by atoms with Gasteiger partial charge in [0.2, 0.25) is 0 Å². The molecule has 0 radical (unpaired) electrons. The van der Waals surface area contributed by atoms with E-state index >= 15 is 0 Å². The van der Waals surface area contributed by atoms with Gasteiger partial charge >= 0.3 is 0 Å². The molecule has 23 heavy (non-hydrogen) atoms. The Bertz CT molecular complexity index is 749. The molecule has 116 valence electrons. The summed E-state index contributed by atoms with van der Waals surface area (Å²) >= 11 is 6.67. The van der Waals surface area contributed by atoms with Crippen molar-refractivity contribution < 1.29 is 9.21 Å². The van der Waals surface area contributed by atoms with E-state index in [0.29, 0.717) is 15.8 Å². The van der Waals surface area contributed by atoms with E-state index in [0.717, 1.165) is 12.2 Å². The Balaban J connectivity index is 1.63. The Kier molecular flexibility index (Phi) is 5.10. The maximum Gasteiger partial charge on any atom is 0.266 e. The standard InChI is InChI=1S/C18H15NO2S2/c20-17-16(10-4-8-15-9-5-13-21-15)23-18(22)19(17)12-11-14-6-2-1-3-7-14/h1-10,13H,11-12H2/b8-4+,16-10+. The second kappa shape index (κ2) is 7.44. The number of rotatable bonds is 5. The first-order valence-electron chi connectivity index (χ1n) is 7.23. The third-order valence-electron chi connectivity index (χ3n) is 3.39. The van der Waals surface area contributed by atoms with Gasteiger partial charge in [0.25, 0.3) is 5.91 Å². The summed E-state index contributed by atoms with van der Waals surface area (Å²) in [5, 5.41) is 0. The molecule has 0 saturated carbocycles. The average Bonchev–Trinajstić information content (AvgIpc) is 3.16. The zero-order chi connectivity index (χ0) is 16.1. The number of nitrogens with zero attached hydrogens (tertiary/aromatic N) is 1. The molecule has 0 atom stereocenters. The largest absolute Gasteiger partial charge is 0.465 e. The van der Waals surface area contributed by atoms with Crippen LogP contribution in [0.1, 0.15) is 11.3 Å². The van der Waals surface area contributed by atoms with Gasteiger partial charge in [-0.2, -0.15) is 0 Å². The summed E-state index contributed by atoms with van der Waals surface area (Å²) in [4.78, 5) is 14.7. The summed E-state index contributed by atoms with van der Waals surface area (Å²) in [6.07, 6.45) is 7.81. The lowest BCUT2D eigenvalue weighted by atomic mass is 10.1. The fraction of sp³-hybridized carbons (Fsp3) is 0.111. The first-order chi connectivity index (χ1) is 11.2. The van der Waals surface area contributed by atoms with Gasteiger partial charge in [-0.1, -0.05) is 60.4 Å². The zero-order valence-corrected chi connectivity index (χ0v) is 14.0. The second-order valence-electron chi connectivity index (χ2n) is 4.97. The van der Waals surface area contributed by atoms with Crippen LogP contribution in [0.5, 0.6) is 0 Å². The normalized spacial score (nSPS) is 16.9. The number of carbonyl (C=O) groups is 1. The van der Waals surface area contributed by atoms with Gasteiger partial charge in [0, 0.05) is 6.54 Å². The van der Waals surface area contributed by atoms with E-state index in [-0.39, 0.29) is 5.91 Å². The predicted octanol–water partition coefficient (Wildman–Crippen LogP) is 4.28. The van der Waals surface area contributed by atoms with E-state index in [1.54, 1.807) is 17.2 Å². The van der Waals surface area contributed by atoms with Crippen LogP contribution < -0.4 is 0 Å². The molecule has 1 saturated heterocycles. The molecule has 1 aromatic heterocycles. The molecule has 2 aromatic rings. The van der Waals surface area contributed by atoms with E-state index in [2.05, 4.69) is 12.1 Å². The van der Waals surface area contributed by atoms with Crippen molar-refractivity contribution in [2.45, 2.75) is 6.42 Å². The van der Waals surface area contributed by atoms with Crippen molar-refractivity contribution in [2.75, 3.05) is 6.54 Å². The number of carbonyl (C=O) groups excluding carboxylic acids is 1. The topological polar surface area (TPSA) is 33.5 Å². The number of hydrogen-bond donors (Lipinski definition) is 0. The van der Waals surface area contributed by atoms with Crippen molar-refractivity contribution in [1.29, 1.82) is 0 Å². The first kappa shape index (κ1) is 15.8. The minimum atomic E-state index is -0.0278. The molecule has 0 bridgehead atoms. The quantitative estimate of drug-likeness (QED) is 0.600. The molecule has 1 aromatic carbocycles. The Labute approximate surface area is 144 Å². The van der Waals surface area contributed by atoms with Crippen molar-refractivity contribution in [3.63, 3.8) is 0 Å². The molecule has 0 N–H and O–H groups in total. The summed E-state index contributed by atoms with van der Waals surface area (Å²) < 4.78 is 5.83. The summed E-state index contributed by atoms with van der Waals surface area (Å²) in [5.41, 5.74) is 1.20. The van der Waals surface area contributed by atoms with Crippen LogP contribution in [0, 0.1) is 0 Å². The van der Waals surface area contributed by atoms with Gasteiger partial charge < -0.3 is 4.42 Å². The summed E-state index contributed by atoms with van der Waals surface area (Å²) in [5.74, 6) is 0.723. The number of amides is 1. The predicted molar refractivity (Wildman–Crippen MR) is 97.9 cm³/mol. The van der Waals surface area contributed by atoms with Crippen molar-refractivity contribution in [2.24, 2.45) is 0 Å².